The zero-order chi connectivity index (χ0) is 10.9. The van der Waals surface area contributed by atoms with E-state index in [1.54, 1.807) is 13.8 Å². The Morgan fingerprint density at radius 2 is 2.14 bits per heavy atom. The number of nitrogens with zero attached hydrogens (tertiary/aromatic N) is 2. The number of hydrogen-bond donors (Lipinski definition) is 0. The van der Waals surface area contributed by atoms with E-state index in [4.69, 9.17) is 0 Å². The van der Waals surface area contributed by atoms with Gasteiger partial charge in [0.1, 0.15) is 0 Å². The van der Waals surface area contributed by atoms with Gasteiger partial charge in [0.15, 0.2) is 0 Å². The van der Waals surface area contributed by atoms with E-state index in [-0.39, 0.29) is 30.1 Å². The smallest absolute Gasteiger partial charge is 0.251 e. The average Bonchev–Trinajstić information content (AvgIpc) is 2.32. The molecular weight excluding hydrogens is 184 g/mol. The molecule has 0 radical (unpaired) electrons. The minimum Gasteiger partial charge on any atom is -0.273 e. The highest BCUT2D eigenvalue weighted by atomic mass is 16.2. The third kappa shape index (κ3) is 1.62. The molecule has 1 unspecified atom stereocenters. The average molecular weight is 198 g/mol. The summed E-state index contributed by atoms with van der Waals surface area (Å²) in [6, 6.07) is 0. The quantitative estimate of drug-likeness (QED) is 0.594. The van der Waals surface area contributed by atoms with Crippen LogP contribution in [0.25, 0.3) is 0 Å². The maximum atomic E-state index is 11.5. The first-order valence-electron chi connectivity index (χ1n) is 4.63. The molecule has 1 aliphatic rings. The van der Waals surface area contributed by atoms with Gasteiger partial charge in [0, 0.05) is 25.8 Å². The van der Waals surface area contributed by atoms with Gasteiger partial charge in [-0.2, -0.15) is 5.01 Å². The van der Waals surface area contributed by atoms with Gasteiger partial charge in [-0.15, -0.1) is 0 Å². The number of rotatable bonds is 2. The van der Waals surface area contributed by atoms with Crippen LogP contribution < -0.4 is 0 Å². The van der Waals surface area contributed by atoms with E-state index in [1.165, 1.54) is 11.9 Å². The Labute approximate surface area is 82.6 Å². The third-order valence-electron chi connectivity index (χ3n) is 2.25. The standard InChI is InChI=1S/C9H14N2O3/c1-4-10(7(3)12)11-8(13)5-6(2)9(11)14/h6H,4-5H2,1-3H3. The van der Waals surface area contributed by atoms with Crippen molar-refractivity contribution in [2.75, 3.05) is 6.54 Å². The Morgan fingerprint density at radius 1 is 1.57 bits per heavy atom. The lowest BCUT2D eigenvalue weighted by Crippen LogP contribution is -2.48. The SMILES string of the molecule is CCN(C(C)=O)N1C(=O)CC(C)C1=O. The predicted octanol–water partition coefficient (Wildman–Crippen LogP) is 0.165. The number of imide groups is 1. The number of carbonyl (C=O) groups is 3. The fraction of sp³-hybridized carbons (Fsp3) is 0.667. The first-order valence-corrected chi connectivity index (χ1v) is 4.63. The normalized spacial score (nSPS) is 21.6. The van der Waals surface area contributed by atoms with Crippen molar-refractivity contribution in [1.29, 1.82) is 0 Å². The lowest BCUT2D eigenvalue weighted by molar-refractivity contribution is -0.167. The first-order chi connectivity index (χ1) is 6.49. The predicted molar refractivity (Wildman–Crippen MR) is 48.7 cm³/mol. The van der Waals surface area contributed by atoms with Crippen molar-refractivity contribution in [3.05, 3.63) is 0 Å². The molecule has 0 aromatic carbocycles. The molecule has 1 aliphatic heterocycles. The molecular formula is C9H14N2O3. The first kappa shape index (κ1) is 10.7. The number of hydrazine groups is 1. The summed E-state index contributed by atoms with van der Waals surface area (Å²) in [6.45, 7) is 5.09. The van der Waals surface area contributed by atoms with E-state index in [2.05, 4.69) is 0 Å². The molecule has 3 amide bonds. The van der Waals surface area contributed by atoms with Crippen LogP contribution in [0.15, 0.2) is 0 Å². The van der Waals surface area contributed by atoms with Crippen molar-refractivity contribution >= 4 is 17.7 Å². The van der Waals surface area contributed by atoms with Crippen molar-refractivity contribution in [2.24, 2.45) is 5.92 Å². The van der Waals surface area contributed by atoms with E-state index in [0.29, 0.717) is 6.54 Å². The van der Waals surface area contributed by atoms with Crippen LogP contribution in [0.5, 0.6) is 0 Å². The topological polar surface area (TPSA) is 57.7 Å². The molecule has 5 heteroatoms. The van der Waals surface area contributed by atoms with Crippen LogP contribution in [-0.4, -0.2) is 34.3 Å². The van der Waals surface area contributed by atoms with Crippen molar-refractivity contribution in [1.82, 2.24) is 10.0 Å². The van der Waals surface area contributed by atoms with Crippen molar-refractivity contribution in [3.63, 3.8) is 0 Å². The molecule has 1 fully saturated rings. The maximum Gasteiger partial charge on any atom is 0.251 e. The van der Waals surface area contributed by atoms with Gasteiger partial charge in [-0.05, 0) is 6.92 Å². The van der Waals surface area contributed by atoms with Crippen LogP contribution in [-0.2, 0) is 14.4 Å². The second kappa shape index (κ2) is 3.77. The molecule has 0 bridgehead atoms. The van der Waals surface area contributed by atoms with Crippen LogP contribution in [0.2, 0.25) is 0 Å². The molecule has 0 aromatic heterocycles. The Kier molecular flexibility index (Phi) is 2.88. The van der Waals surface area contributed by atoms with E-state index in [1.807, 2.05) is 0 Å². The summed E-state index contributed by atoms with van der Waals surface area (Å²) >= 11 is 0. The van der Waals surface area contributed by atoms with Gasteiger partial charge >= 0.3 is 0 Å². The van der Waals surface area contributed by atoms with E-state index in [9.17, 15) is 14.4 Å². The summed E-state index contributed by atoms with van der Waals surface area (Å²) < 4.78 is 0. The molecule has 0 N–H and O–H groups in total. The van der Waals surface area contributed by atoms with E-state index >= 15 is 0 Å². The second-order valence-corrected chi connectivity index (χ2v) is 3.38. The Bertz CT molecular complexity index is 288. The van der Waals surface area contributed by atoms with Gasteiger partial charge in [0.2, 0.25) is 11.8 Å². The van der Waals surface area contributed by atoms with Crippen LogP contribution in [0.3, 0.4) is 0 Å². The molecule has 1 atom stereocenters. The largest absolute Gasteiger partial charge is 0.273 e. The zero-order valence-corrected chi connectivity index (χ0v) is 8.61. The fourth-order valence-electron chi connectivity index (χ4n) is 1.53. The Morgan fingerprint density at radius 3 is 2.43 bits per heavy atom. The van der Waals surface area contributed by atoms with Crippen LogP contribution in [0.1, 0.15) is 27.2 Å². The molecule has 1 saturated heterocycles. The minimum atomic E-state index is -0.309. The Balaban J connectivity index is 2.90. The molecule has 78 valence electrons. The number of amides is 3. The highest BCUT2D eigenvalue weighted by Crippen LogP contribution is 2.20. The third-order valence-corrected chi connectivity index (χ3v) is 2.25. The Hall–Kier alpha value is -1.39. The second-order valence-electron chi connectivity index (χ2n) is 3.38. The molecule has 14 heavy (non-hydrogen) atoms. The lowest BCUT2D eigenvalue weighted by atomic mass is 10.1. The summed E-state index contributed by atoms with van der Waals surface area (Å²) in [4.78, 5) is 34.1. The zero-order valence-electron chi connectivity index (χ0n) is 8.61. The maximum absolute atomic E-state index is 11.5. The van der Waals surface area contributed by atoms with E-state index in [0.717, 1.165) is 5.01 Å². The molecule has 1 rings (SSSR count). The van der Waals surface area contributed by atoms with Crippen molar-refractivity contribution in [2.45, 2.75) is 27.2 Å². The highest BCUT2D eigenvalue weighted by Gasteiger charge is 2.39. The van der Waals surface area contributed by atoms with Crippen LogP contribution >= 0.6 is 0 Å². The van der Waals surface area contributed by atoms with Gasteiger partial charge in [-0.3, -0.25) is 14.4 Å². The lowest BCUT2D eigenvalue weighted by Gasteiger charge is -2.27. The van der Waals surface area contributed by atoms with Crippen molar-refractivity contribution in [3.8, 4) is 0 Å². The summed E-state index contributed by atoms with van der Waals surface area (Å²) in [5.41, 5.74) is 0. The van der Waals surface area contributed by atoms with Crippen LogP contribution in [0, 0.1) is 5.92 Å². The molecule has 5 nitrogen and oxygen atoms in total. The number of hydrogen-bond acceptors (Lipinski definition) is 3. The fourth-order valence-corrected chi connectivity index (χ4v) is 1.53. The van der Waals surface area contributed by atoms with Gasteiger partial charge in [0.05, 0.1) is 0 Å². The number of carbonyl (C=O) groups excluding carboxylic acids is 3. The molecule has 0 aromatic rings. The minimum absolute atomic E-state index is 0.197. The van der Waals surface area contributed by atoms with Crippen molar-refractivity contribution < 1.29 is 14.4 Å². The summed E-state index contributed by atoms with van der Waals surface area (Å²) in [6.07, 6.45) is 0.197. The van der Waals surface area contributed by atoms with Gasteiger partial charge < -0.3 is 0 Å². The summed E-state index contributed by atoms with van der Waals surface area (Å²) in [7, 11) is 0. The molecule has 0 saturated carbocycles. The monoisotopic (exact) mass is 198 g/mol. The molecule has 1 heterocycles. The van der Waals surface area contributed by atoms with E-state index < -0.39 is 0 Å². The summed E-state index contributed by atoms with van der Waals surface area (Å²) in [5.74, 6) is -1.18. The molecule has 0 spiro atoms. The highest BCUT2D eigenvalue weighted by molar-refractivity contribution is 6.04. The van der Waals surface area contributed by atoms with Gasteiger partial charge in [-0.25, -0.2) is 5.01 Å². The summed E-state index contributed by atoms with van der Waals surface area (Å²) in [5, 5.41) is 2.14. The van der Waals surface area contributed by atoms with Gasteiger partial charge in [0.25, 0.3) is 5.91 Å². The van der Waals surface area contributed by atoms with Gasteiger partial charge in [-0.1, -0.05) is 6.92 Å². The molecule has 0 aliphatic carbocycles. The van der Waals surface area contributed by atoms with Crippen LogP contribution in [0.4, 0.5) is 0 Å².